The molecule has 0 amide bonds. The van der Waals surface area contributed by atoms with E-state index in [-0.39, 0.29) is 18.5 Å². The van der Waals surface area contributed by atoms with Crippen LogP contribution in [0, 0.1) is 5.82 Å². The molecule has 0 fully saturated rings. The topological polar surface area (TPSA) is 38.0 Å². The zero-order valence-electron chi connectivity index (χ0n) is 12.3. The van der Waals surface area contributed by atoms with Crippen LogP contribution in [0.25, 0.3) is 11.1 Å². The van der Waals surface area contributed by atoms with Crippen molar-refractivity contribution in [2.45, 2.75) is 19.6 Å². The van der Waals surface area contributed by atoms with E-state index in [9.17, 15) is 9.50 Å². The van der Waals surface area contributed by atoms with Crippen molar-refractivity contribution in [2.75, 3.05) is 0 Å². The lowest BCUT2D eigenvalue weighted by molar-refractivity contribution is 0.269. The van der Waals surface area contributed by atoms with E-state index in [1.807, 2.05) is 28.8 Å². The molecule has 0 aliphatic heterocycles. The summed E-state index contributed by atoms with van der Waals surface area (Å²) in [6.07, 6.45) is 3.38. The quantitative estimate of drug-likeness (QED) is 0.795. The van der Waals surface area contributed by atoms with Gasteiger partial charge in [-0.2, -0.15) is 0 Å². The summed E-state index contributed by atoms with van der Waals surface area (Å²) in [5.41, 5.74) is 3.88. The van der Waals surface area contributed by atoms with Gasteiger partial charge in [-0.3, -0.25) is 0 Å². The molecule has 0 unspecified atom stereocenters. The summed E-state index contributed by atoms with van der Waals surface area (Å²) in [7, 11) is 0. The van der Waals surface area contributed by atoms with Crippen LogP contribution in [0.3, 0.4) is 0 Å². The van der Waals surface area contributed by atoms with Crippen molar-refractivity contribution in [3.63, 3.8) is 0 Å². The molecule has 1 heterocycles. The number of hydrogen-bond acceptors (Lipinski definition) is 2. The maximum atomic E-state index is 13.1. The fourth-order valence-corrected chi connectivity index (χ4v) is 2.71. The molecule has 4 heteroatoms. The molecule has 112 valence electrons. The highest BCUT2D eigenvalue weighted by Gasteiger charge is 2.15. The Hall–Kier alpha value is -2.46. The second kappa shape index (κ2) is 6.12. The van der Waals surface area contributed by atoms with Crippen LogP contribution in [-0.2, 0) is 6.61 Å². The van der Waals surface area contributed by atoms with E-state index in [0.29, 0.717) is 0 Å². The molecule has 2 aromatic carbocycles. The Morgan fingerprint density at radius 2 is 1.86 bits per heavy atom. The summed E-state index contributed by atoms with van der Waals surface area (Å²) >= 11 is 0. The summed E-state index contributed by atoms with van der Waals surface area (Å²) in [6.45, 7) is 2.01. The SMILES string of the molecule is C[C@H](c1ccccc1-c1ccc(F)cc1)n1cncc1CO. The van der Waals surface area contributed by atoms with E-state index in [2.05, 4.69) is 11.9 Å². The van der Waals surface area contributed by atoms with Gasteiger partial charge in [0.1, 0.15) is 5.82 Å². The Balaban J connectivity index is 2.06. The van der Waals surface area contributed by atoms with Crippen LogP contribution < -0.4 is 0 Å². The molecule has 0 saturated carbocycles. The summed E-state index contributed by atoms with van der Waals surface area (Å²) < 4.78 is 15.1. The number of hydrogen-bond donors (Lipinski definition) is 1. The lowest BCUT2D eigenvalue weighted by Crippen LogP contribution is -2.10. The number of aromatic nitrogens is 2. The molecule has 0 radical (unpaired) electrons. The van der Waals surface area contributed by atoms with Gasteiger partial charge in [-0.05, 0) is 35.7 Å². The van der Waals surface area contributed by atoms with Crippen molar-refractivity contribution in [2.24, 2.45) is 0 Å². The maximum absolute atomic E-state index is 13.1. The highest BCUT2D eigenvalue weighted by molar-refractivity contribution is 5.68. The van der Waals surface area contributed by atoms with Crippen LogP contribution in [0.5, 0.6) is 0 Å². The van der Waals surface area contributed by atoms with Crippen LogP contribution in [0.15, 0.2) is 61.1 Å². The molecular formula is C18H17FN2O. The number of aliphatic hydroxyl groups excluding tert-OH is 1. The number of halogens is 1. The first-order chi connectivity index (χ1) is 10.7. The fourth-order valence-electron chi connectivity index (χ4n) is 2.71. The molecule has 1 atom stereocenters. The van der Waals surface area contributed by atoms with E-state index >= 15 is 0 Å². The largest absolute Gasteiger partial charge is 0.390 e. The number of imidazole rings is 1. The first kappa shape index (κ1) is 14.5. The number of aliphatic hydroxyl groups is 1. The summed E-state index contributed by atoms with van der Waals surface area (Å²) in [6, 6.07) is 14.5. The molecule has 0 saturated heterocycles. The van der Waals surface area contributed by atoms with Gasteiger partial charge >= 0.3 is 0 Å². The fraction of sp³-hybridized carbons (Fsp3) is 0.167. The van der Waals surface area contributed by atoms with Crippen molar-refractivity contribution in [3.8, 4) is 11.1 Å². The minimum absolute atomic E-state index is 0.0194. The van der Waals surface area contributed by atoms with Crippen LogP contribution in [0.1, 0.15) is 24.2 Å². The van der Waals surface area contributed by atoms with Crippen molar-refractivity contribution >= 4 is 0 Å². The molecule has 3 rings (SSSR count). The summed E-state index contributed by atoms with van der Waals surface area (Å²) in [5, 5.41) is 9.42. The Morgan fingerprint density at radius 1 is 1.14 bits per heavy atom. The minimum atomic E-state index is -0.244. The van der Waals surface area contributed by atoms with Gasteiger partial charge < -0.3 is 9.67 Å². The van der Waals surface area contributed by atoms with Crippen molar-refractivity contribution < 1.29 is 9.50 Å². The first-order valence-electron chi connectivity index (χ1n) is 7.17. The van der Waals surface area contributed by atoms with Gasteiger partial charge in [0.15, 0.2) is 0 Å². The van der Waals surface area contributed by atoms with Crippen LogP contribution >= 0.6 is 0 Å². The van der Waals surface area contributed by atoms with Crippen molar-refractivity contribution in [1.29, 1.82) is 0 Å². The van der Waals surface area contributed by atoms with E-state index in [4.69, 9.17) is 0 Å². The Kier molecular flexibility index (Phi) is 4.02. The van der Waals surface area contributed by atoms with Crippen molar-refractivity contribution in [1.82, 2.24) is 9.55 Å². The lowest BCUT2D eigenvalue weighted by atomic mass is 9.95. The zero-order valence-corrected chi connectivity index (χ0v) is 12.3. The molecule has 1 N–H and O–H groups in total. The molecule has 0 bridgehead atoms. The smallest absolute Gasteiger partial charge is 0.123 e. The lowest BCUT2D eigenvalue weighted by Gasteiger charge is -2.20. The predicted molar refractivity (Wildman–Crippen MR) is 83.8 cm³/mol. The predicted octanol–water partition coefficient (Wildman–Crippen LogP) is 3.79. The zero-order chi connectivity index (χ0) is 15.5. The third-order valence-corrected chi connectivity index (χ3v) is 3.89. The molecule has 0 aliphatic carbocycles. The normalized spacial score (nSPS) is 12.3. The molecule has 22 heavy (non-hydrogen) atoms. The standard InChI is InChI=1S/C18H17FN2O/c1-13(21-12-20-10-16(21)11-22)17-4-2-3-5-18(17)14-6-8-15(19)9-7-14/h2-10,12-13,22H,11H2,1H3/t13-/m1/s1. The highest BCUT2D eigenvalue weighted by atomic mass is 19.1. The van der Waals surface area contributed by atoms with Gasteiger partial charge in [0.25, 0.3) is 0 Å². The van der Waals surface area contributed by atoms with Crippen LogP contribution in [-0.4, -0.2) is 14.7 Å². The molecule has 3 nitrogen and oxygen atoms in total. The third-order valence-electron chi connectivity index (χ3n) is 3.89. The average molecular weight is 296 g/mol. The second-order valence-corrected chi connectivity index (χ2v) is 5.22. The number of rotatable bonds is 4. The van der Waals surface area contributed by atoms with Crippen LogP contribution in [0.2, 0.25) is 0 Å². The molecular weight excluding hydrogens is 279 g/mol. The molecule has 0 spiro atoms. The molecule has 3 aromatic rings. The first-order valence-corrected chi connectivity index (χ1v) is 7.17. The number of benzene rings is 2. The van der Waals surface area contributed by atoms with Gasteiger partial charge in [-0.25, -0.2) is 9.37 Å². The highest BCUT2D eigenvalue weighted by Crippen LogP contribution is 2.30. The second-order valence-electron chi connectivity index (χ2n) is 5.22. The Labute approximate surface area is 128 Å². The van der Waals surface area contributed by atoms with E-state index < -0.39 is 0 Å². The van der Waals surface area contributed by atoms with Gasteiger partial charge in [0.05, 0.1) is 30.9 Å². The van der Waals surface area contributed by atoms with Gasteiger partial charge in [0, 0.05) is 0 Å². The maximum Gasteiger partial charge on any atom is 0.123 e. The Bertz CT molecular complexity index is 765. The summed E-state index contributed by atoms with van der Waals surface area (Å²) in [5.74, 6) is -0.244. The van der Waals surface area contributed by atoms with Gasteiger partial charge in [-0.1, -0.05) is 36.4 Å². The summed E-state index contributed by atoms with van der Waals surface area (Å²) in [4.78, 5) is 4.11. The Morgan fingerprint density at radius 3 is 2.59 bits per heavy atom. The third kappa shape index (κ3) is 2.65. The average Bonchev–Trinajstić information content (AvgIpc) is 3.03. The number of nitrogens with zero attached hydrogens (tertiary/aromatic N) is 2. The van der Waals surface area contributed by atoms with Crippen molar-refractivity contribution in [3.05, 3.63) is 78.1 Å². The molecule has 1 aromatic heterocycles. The van der Waals surface area contributed by atoms with E-state index in [1.165, 1.54) is 12.1 Å². The minimum Gasteiger partial charge on any atom is -0.390 e. The van der Waals surface area contributed by atoms with E-state index in [1.54, 1.807) is 24.7 Å². The van der Waals surface area contributed by atoms with Gasteiger partial charge in [-0.15, -0.1) is 0 Å². The van der Waals surface area contributed by atoms with Crippen LogP contribution in [0.4, 0.5) is 4.39 Å². The molecule has 0 aliphatic rings. The monoisotopic (exact) mass is 296 g/mol. The van der Waals surface area contributed by atoms with Gasteiger partial charge in [0.2, 0.25) is 0 Å². The van der Waals surface area contributed by atoms with E-state index in [0.717, 1.165) is 22.4 Å².